The molecule has 156 valence electrons. The largest absolute Gasteiger partial charge is 0.308 e. The lowest BCUT2D eigenvalue weighted by atomic mass is 10.0. The van der Waals surface area contributed by atoms with Gasteiger partial charge in [0.15, 0.2) is 0 Å². The molecule has 6 heteroatoms. The van der Waals surface area contributed by atoms with Crippen LogP contribution in [0, 0.1) is 13.8 Å². The first kappa shape index (κ1) is 19.6. The van der Waals surface area contributed by atoms with E-state index >= 15 is 0 Å². The molecule has 1 aromatic heterocycles. The summed E-state index contributed by atoms with van der Waals surface area (Å²) < 4.78 is 28.0. The Hall–Kier alpha value is -3.38. The zero-order valence-corrected chi connectivity index (χ0v) is 18.2. The van der Waals surface area contributed by atoms with Crippen LogP contribution in [0.4, 0.5) is 5.69 Å². The maximum Gasteiger partial charge on any atom is 0.268 e. The van der Waals surface area contributed by atoms with Gasteiger partial charge in [-0.05, 0) is 67.8 Å². The molecular formula is C25H22N2O3S. The van der Waals surface area contributed by atoms with Crippen molar-refractivity contribution in [3.8, 4) is 0 Å². The van der Waals surface area contributed by atoms with Gasteiger partial charge < -0.3 is 4.90 Å². The predicted octanol–water partition coefficient (Wildman–Crippen LogP) is 4.70. The van der Waals surface area contributed by atoms with Gasteiger partial charge in [-0.25, -0.2) is 12.4 Å². The molecule has 5 rings (SSSR count). The first-order chi connectivity index (χ1) is 14.9. The minimum Gasteiger partial charge on any atom is -0.308 e. The van der Waals surface area contributed by atoms with E-state index in [1.807, 2.05) is 56.3 Å². The van der Waals surface area contributed by atoms with E-state index in [9.17, 15) is 13.2 Å². The molecule has 0 saturated carbocycles. The molecule has 0 unspecified atom stereocenters. The second-order valence-corrected chi connectivity index (χ2v) is 9.77. The SMILES string of the molecule is Cc1ccc(S(=O)(=O)n2cc(C)c3c4c(ccc32)N(C(=O)c2ccccc2)CC4)cc1. The van der Waals surface area contributed by atoms with Gasteiger partial charge in [-0.15, -0.1) is 0 Å². The molecule has 0 radical (unpaired) electrons. The Morgan fingerprint density at radius 1 is 0.903 bits per heavy atom. The molecule has 0 N–H and O–H groups in total. The molecule has 0 saturated heterocycles. The molecule has 0 fully saturated rings. The Morgan fingerprint density at radius 2 is 1.61 bits per heavy atom. The summed E-state index contributed by atoms with van der Waals surface area (Å²) in [7, 11) is -3.72. The average Bonchev–Trinajstić information content (AvgIpc) is 3.35. The summed E-state index contributed by atoms with van der Waals surface area (Å²) in [6.07, 6.45) is 2.38. The van der Waals surface area contributed by atoms with Crippen LogP contribution in [0.5, 0.6) is 0 Å². The smallest absolute Gasteiger partial charge is 0.268 e. The van der Waals surface area contributed by atoms with Crippen molar-refractivity contribution in [2.75, 3.05) is 11.4 Å². The third-order valence-corrected chi connectivity index (χ3v) is 7.62. The average molecular weight is 431 g/mol. The van der Waals surface area contributed by atoms with Gasteiger partial charge in [0.05, 0.1) is 10.4 Å². The van der Waals surface area contributed by atoms with E-state index in [4.69, 9.17) is 0 Å². The number of benzene rings is 3. The molecule has 3 aromatic carbocycles. The van der Waals surface area contributed by atoms with E-state index in [1.165, 1.54) is 3.97 Å². The monoisotopic (exact) mass is 430 g/mol. The number of aryl methyl sites for hydroxylation is 2. The van der Waals surface area contributed by atoms with E-state index in [0.717, 1.165) is 27.8 Å². The maximum absolute atomic E-state index is 13.3. The molecule has 1 amide bonds. The highest BCUT2D eigenvalue weighted by Gasteiger charge is 2.30. The Labute approximate surface area is 181 Å². The molecule has 4 aromatic rings. The maximum atomic E-state index is 13.3. The van der Waals surface area contributed by atoms with Gasteiger partial charge in [0.25, 0.3) is 15.9 Å². The van der Waals surface area contributed by atoms with Crippen LogP contribution in [0.25, 0.3) is 10.9 Å². The quantitative estimate of drug-likeness (QED) is 0.473. The van der Waals surface area contributed by atoms with Gasteiger partial charge in [0, 0.05) is 29.4 Å². The topological polar surface area (TPSA) is 59.4 Å². The van der Waals surface area contributed by atoms with Crippen molar-refractivity contribution >= 4 is 32.5 Å². The van der Waals surface area contributed by atoms with Crippen molar-refractivity contribution in [3.05, 3.63) is 95.2 Å². The molecule has 2 heterocycles. The van der Waals surface area contributed by atoms with E-state index in [-0.39, 0.29) is 10.8 Å². The van der Waals surface area contributed by atoms with Gasteiger partial charge in [-0.1, -0.05) is 35.9 Å². The van der Waals surface area contributed by atoms with Crippen LogP contribution < -0.4 is 4.90 Å². The number of carbonyl (C=O) groups is 1. The lowest BCUT2D eigenvalue weighted by Gasteiger charge is -2.17. The van der Waals surface area contributed by atoms with E-state index in [0.29, 0.717) is 24.0 Å². The van der Waals surface area contributed by atoms with E-state index < -0.39 is 10.0 Å². The van der Waals surface area contributed by atoms with Crippen LogP contribution in [-0.4, -0.2) is 24.8 Å². The number of rotatable bonds is 3. The fraction of sp³-hybridized carbons (Fsp3) is 0.160. The normalized spacial score (nSPS) is 13.5. The highest BCUT2D eigenvalue weighted by molar-refractivity contribution is 7.90. The number of anilines is 1. The molecular weight excluding hydrogens is 408 g/mol. The summed E-state index contributed by atoms with van der Waals surface area (Å²) in [6, 6.07) is 19.8. The van der Waals surface area contributed by atoms with Crippen molar-refractivity contribution in [2.45, 2.75) is 25.2 Å². The first-order valence-electron chi connectivity index (χ1n) is 10.2. The Kier molecular flexibility index (Phi) is 4.48. The molecule has 0 spiro atoms. The zero-order chi connectivity index (χ0) is 21.8. The summed E-state index contributed by atoms with van der Waals surface area (Å²) in [5.74, 6) is -0.0388. The lowest BCUT2D eigenvalue weighted by Crippen LogP contribution is -2.28. The van der Waals surface area contributed by atoms with Gasteiger partial charge in [-0.2, -0.15) is 0 Å². The summed E-state index contributed by atoms with van der Waals surface area (Å²) in [5, 5.41) is 0.913. The first-order valence-corrected chi connectivity index (χ1v) is 11.6. The fourth-order valence-electron chi connectivity index (χ4n) is 4.38. The number of fused-ring (bicyclic) bond motifs is 3. The molecule has 0 bridgehead atoms. The van der Waals surface area contributed by atoms with Gasteiger partial charge in [-0.3, -0.25) is 4.79 Å². The van der Waals surface area contributed by atoms with Crippen LogP contribution in [0.1, 0.15) is 27.0 Å². The van der Waals surface area contributed by atoms with Crippen LogP contribution in [0.3, 0.4) is 0 Å². The van der Waals surface area contributed by atoms with Crippen LogP contribution >= 0.6 is 0 Å². The second kappa shape index (κ2) is 7.10. The zero-order valence-electron chi connectivity index (χ0n) is 17.4. The minimum absolute atomic E-state index is 0.0388. The second-order valence-electron chi connectivity index (χ2n) is 7.96. The Morgan fingerprint density at radius 3 is 2.32 bits per heavy atom. The van der Waals surface area contributed by atoms with Gasteiger partial charge >= 0.3 is 0 Å². The standard InChI is InChI=1S/C25H22N2O3S/c1-17-8-10-20(11-9-17)31(29,30)27-16-18(2)24-21-14-15-26(22(21)12-13-23(24)27)25(28)19-6-4-3-5-7-19/h3-13,16H,14-15H2,1-2H3. The summed E-state index contributed by atoms with van der Waals surface area (Å²) in [6.45, 7) is 4.43. The van der Waals surface area contributed by atoms with Crippen molar-refractivity contribution in [3.63, 3.8) is 0 Å². The Balaban J connectivity index is 1.62. The van der Waals surface area contributed by atoms with E-state index in [1.54, 1.807) is 35.4 Å². The third kappa shape index (κ3) is 3.06. The molecule has 1 aliphatic heterocycles. The minimum atomic E-state index is -3.72. The molecule has 0 aliphatic carbocycles. The lowest BCUT2D eigenvalue weighted by molar-refractivity contribution is 0.0989. The van der Waals surface area contributed by atoms with Gasteiger partial charge in [0.2, 0.25) is 0 Å². The molecule has 0 atom stereocenters. The van der Waals surface area contributed by atoms with Gasteiger partial charge in [0.1, 0.15) is 0 Å². The number of hydrogen-bond donors (Lipinski definition) is 0. The number of carbonyl (C=O) groups excluding carboxylic acids is 1. The number of aromatic nitrogens is 1. The number of hydrogen-bond acceptors (Lipinski definition) is 3. The summed E-state index contributed by atoms with van der Waals surface area (Å²) >= 11 is 0. The van der Waals surface area contributed by atoms with Crippen molar-refractivity contribution in [2.24, 2.45) is 0 Å². The fourth-order valence-corrected chi connectivity index (χ4v) is 5.79. The van der Waals surface area contributed by atoms with Crippen LogP contribution in [0.2, 0.25) is 0 Å². The summed E-state index contributed by atoms with van der Waals surface area (Å²) in [4.78, 5) is 15.1. The molecule has 5 nitrogen and oxygen atoms in total. The van der Waals surface area contributed by atoms with Crippen LogP contribution in [-0.2, 0) is 16.4 Å². The highest BCUT2D eigenvalue weighted by atomic mass is 32.2. The van der Waals surface area contributed by atoms with Crippen LogP contribution in [0.15, 0.2) is 77.8 Å². The number of nitrogens with zero attached hydrogens (tertiary/aromatic N) is 2. The van der Waals surface area contributed by atoms with E-state index in [2.05, 4.69) is 0 Å². The van der Waals surface area contributed by atoms with Crippen molar-refractivity contribution in [1.82, 2.24) is 3.97 Å². The predicted molar refractivity (Wildman–Crippen MR) is 122 cm³/mol. The van der Waals surface area contributed by atoms with Crippen molar-refractivity contribution in [1.29, 1.82) is 0 Å². The molecule has 1 aliphatic rings. The van der Waals surface area contributed by atoms with Crippen molar-refractivity contribution < 1.29 is 13.2 Å². The third-order valence-electron chi connectivity index (χ3n) is 5.93. The summed E-state index contributed by atoms with van der Waals surface area (Å²) in [5.41, 5.74) is 5.06. The molecule has 31 heavy (non-hydrogen) atoms. The number of amides is 1. The Bertz CT molecular complexity index is 1420. The highest BCUT2D eigenvalue weighted by Crippen LogP contribution is 2.38.